The van der Waals surface area contributed by atoms with Gasteiger partial charge in [0.1, 0.15) is 5.75 Å². The number of carbonyl (C=O) groups excluding carboxylic acids is 1. The normalized spacial score (nSPS) is 17.8. The van der Waals surface area contributed by atoms with Gasteiger partial charge in [0.2, 0.25) is 0 Å². The second-order valence-corrected chi connectivity index (χ2v) is 9.58. The average Bonchev–Trinajstić information content (AvgIpc) is 2.94. The van der Waals surface area contributed by atoms with Crippen LogP contribution in [0.4, 0.5) is 5.69 Å². The Bertz CT molecular complexity index is 953. The van der Waals surface area contributed by atoms with Crippen molar-refractivity contribution >= 4 is 11.6 Å². The summed E-state index contributed by atoms with van der Waals surface area (Å²) in [6, 6.07) is 12.4. The molecule has 1 amide bonds. The third-order valence-electron chi connectivity index (χ3n) is 6.01. The number of ether oxygens (including phenoxy) is 3. The Morgan fingerprint density at radius 1 is 1.06 bits per heavy atom. The van der Waals surface area contributed by atoms with Crippen LogP contribution in [-0.4, -0.2) is 32.3 Å². The Labute approximate surface area is 185 Å². The highest BCUT2D eigenvalue weighted by atomic mass is 16.7. The fourth-order valence-corrected chi connectivity index (χ4v) is 4.45. The van der Waals surface area contributed by atoms with Crippen LogP contribution >= 0.6 is 0 Å². The minimum absolute atomic E-state index is 0.120. The summed E-state index contributed by atoms with van der Waals surface area (Å²) in [4.78, 5) is 15.3. The van der Waals surface area contributed by atoms with Crippen molar-refractivity contribution in [2.24, 2.45) is 0 Å². The van der Waals surface area contributed by atoms with Gasteiger partial charge in [0.15, 0.2) is 0 Å². The number of rotatable bonds is 5. The summed E-state index contributed by atoms with van der Waals surface area (Å²) in [5.74, 6) is -0.553. The first kappa shape index (κ1) is 21.8. The maximum Gasteiger partial charge on any atom is 0.292 e. The molecule has 2 aromatic carbocycles. The Kier molecular flexibility index (Phi) is 5.84. The van der Waals surface area contributed by atoms with Gasteiger partial charge in [-0.3, -0.25) is 4.79 Å². The van der Waals surface area contributed by atoms with Gasteiger partial charge in [-0.05, 0) is 61.4 Å². The molecule has 0 saturated carbocycles. The molecule has 1 saturated heterocycles. The molecule has 2 aromatic rings. The number of benzene rings is 2. The molecule has 0 unspecified atom stereocenters. The van der Waals surface area contributed by atoms with Crippen LogP contribution in [-0.2, 0) is 25.5 Å². The number of carbonyl (C=O) groups is 1. The first-order chi connectivity index (χ1) is 14.7. The summed E-state index contributed by atoms with van der Waals surface area (Å²) >= 11 is 0. The van der Waals surface area contributed by atoms with Crippen molar-refractivity contribution in [2.45, 2.75) is 58.7 Å². The van der Waals surface area contributed by atoms with Crippen LogP contribution in [0.15, 0.2) is 36.4 Å². The summed E-state index contributed by atoms with van der Waals surface area (Å²) in [7, 11) is 0. The molecular weight excluding hydrogens is 390 g/mol. The van der Waals surface area contributed by atoms with Crippen molar-refractivity contribution in [1.29, 1.82) is 0 Å². The van der Waals surface area contributed by atoms with Crippen LogP contribution in [0, 0.1) is 13.8 Å². The van der Waals surface area contributed by atoms with E-state index in [9.17, 15) is 4.79 Å². The summed E-state index contributed by atoms with van der Waals surface area (Å²) in [6.07, 6.45) is 1.52. The van der Waals surface area contributed by atoms with Crippen LogP contribution in [0.5, 0.6) is 5.75 Å². The fourth-order valence-electron chi connectivity index (χ4n) is 4.45. The van der Waals surface area contributed by atoms with E-state index in [2.05, 4.69) is 39.0 Å². The highest BCUT2D eigenvalue weighted by Gasteiger charge is 2.55. The predicted octanol–water partition coefficient (Wildman–Crippen LogP) is 5.01. The molecule has 2 aliphatic rings. The van der Waals surface area contributed by atoms with Gasteiger partial charge in [0, 0.05) is 12.1 Å². The van der Waals surface area contributed by atoms with Crippen molar-refractivity contribution in [3.05, 3.63) is 58.7 Å². The maximum atomic E-state index is 13.4. The third-order valence-corrected chi connectivity index (χ3v) is 6.01. The molecular formula is C26H33NO4. The molecule has 5 heteroatoms. The number of fused-ring (bicyclic) bond motifs is 2. The van der Waals surface area contributed by atoms with E-state index in [-0.39, 0.29) is 11.3 Å². The smallest absolute Gasteiger partial charge is 0.292 e. The van der Waals surface area contributed by atoms with Crippen molar-refractivity contribution in [2.75, 3.05) is 31.3 Å². The van der Waals surface area contributed by atoms with Gasteiger partial charge in [-0.15, -0.1) is 0 Å². The third kappa shape index (κ3) is 4.09. The van der Waals surface area contributed by atoms with Gasteiger partial charge in [-0.25, -0.2) is 0 Å². The molecule has 0 aliphatic carbocycles. The lowest BCUT2D eigenvalue weighted by atomic mass is 9.87. The lowest BCUT2D eigenvalue weighted by Gasteiger charge is -2.32. The van der Waals surface area contributed by atoms with Crippen molar-refractivity contribution in [1.82, 2.24) is 0 Å². The van der Waals surface area contributed by atoms with Crippen molar-refractivity contribution in [3.8, 4) is 5.75 Å². The molecule has 2 heterocycles. The second kappa shape index (κ2) is 8.29. The van der Waals surface area contributed by atoms with Gasteiger partial charge in [0.05, 0.1) is 25.5 Å². The summed E-state index contributed by atoms with van der Waals surface area (Å²) in [5.41, 5.74) is 5.34. The van der Waals surface area contributed by atoms with Crippen LogP contribution in [0.3, 0.4) is 0 Å². The van der Waals surface area contributed by atoms with Gasteiger partial charge < -0.3 is 19.1 Å². The zero-order chi connectivity index (χ0) is 22.2. The van der Waals surface area contributed by atoms with E-state index < -0.39 is 5.79 Å². The van der Waals surface area contributed by atoms with Crippen LogP contribution < -0.4 is 9.64 Å². The monoisotopic (exact) mass is 423 g/mol. The highest BCUT2D eigenvalue weighted by molar-refractivity contribution is 6.07. The topological polar surface area (TPSA) is 48.0 Å². The van der Waals surface area contributed by atoms with E-state index in [4.69, 9.17) is 14.2 Å². The number of amides is 1. The van der Waals surface area contributed by atoms with Gasteiger partial charge in [-0.2, -0.15) is 0 Å². The summed E-state index contributed by atoms with van der Waals surface area (Å²) in [6.45, 7) is 12.8. The molecule has 4 rings (SSSR count). The SMILES string of the molecule is Cc1cc(C)c2c(c1)C1(OCCCO1)C(=O)N2CCCOc1ccc(C(C)(C)C)cc1. The van der Waals surface area contributed by atoms with Crippen LogP contribution in [0.2, 0.25) is 0 Å². The number of aryl methyl sites for hydroxylation is 2. The zero-order valence-corrected chi connectivity index (χ0v) is 19.3. The molecule has 1 fully saturated rings. The predicted molar refractivity (Wildman–Crippen MR) is 122 cm³/mol. The fraction of sp³-hybridized carbons (Fsp3) is 0.500. The molecule has 0 atom stereocenters. The number of hydrogen-bond acceptors (Lipinski definition) is 4. The zero-order valence-electron chi connectivity index (χ0n) is 19.3. The van der Waals surface area contributed by atoms with E-state index >= 15 is 0 Å². The quantitative estimate of drug-likeness (QED) is 0.635. The van der Waals surface area contributed by atoms with Gasteiger partial charge in [-0.1, -0.05) is 44.5 Å². The molecule has 0 bridgehead atoms. The summed E-state index contributed by atoms with van der Waals surface area (Å²) < 4.78 is 17.9. The lowest BCUT2D eigenvalue weighted by molar-refractivity contribution is -0.256. The molecule has 5 nitrogen and oxygen atoms in total. The van der Waals surface area contributed by atoms with Gasteiger partial charge in [0.25, 0.3) is 11.7 Å². The van der Waals surface area contributed by atoms with Gasteiger partial charge >= 0.3 is 0 Å². The average molecular weight is 424 g/mol. The van der Waals surface area contributed by atoms with Crippen molar-refractivity contribution in [3.63, 3.8) is 0 Å². The number of hydrogen-bond donors (Lipinski definition) is 0. The molecule has 0 aromatic heterocycles. The highest BCUT2D eigenvalue weighted by Crippen LogP contribution is 2.47. The Hall–Kier alpha value is -2.37. The molecule has 0 radical (unpaired) electrons. The molecule has 2 aliphatic heterocycles. The van der Waals surface area contributed by atoms with E-state index in [1.54, 1.807) is 0 Å². The van der Waals surface area contributed by atoms with Crippen molar-refractivity contribution < 1.29 is 19.0 Å². The van der Waals surface area contributed by atoms with E-state index in [1.807, 2.05) is 36.9 Å². The largest absolute Gasteiger partial charge is 0.494 e. The first-order valence-corrected chi connectivity index (χ1v) is 11.2. The second-order valence-electron chi connectivity index (χ2n) is 9.58. The number of anilines is 1. The molecule has 31 heavy (non-hydrogen) atoms. The van der Waals surface area contributed by atoms with Crippen LogP contribution in [0.1, 0.15) is 55.9 Å². The van der Waals surface area contributed by atoms with E-state index in [0.717, 1.165) is 41.0 Å². The maximum absolute atomic E-state index is 13.4. The Balaban J connectivity index is 1.45. The minimum atomic E-state index is -1.28. The number of nitrogens with zero attached hydrogens (tertiary/aromatic N) is 1. The lowest BCUT2D eigenvalue weighted by Crippen LogP contribution is -2.47. The van der Waals surface area contributed by atoms with E-state index in [0.29, 0.717) is 26.4 Å². The minimum Gasteiger partial charge on any atom is -0.494 e. The van der Waals surface area contributed by atoms with E-state index in [1.165, 1.54) is 5.56 Å². The standard InChI is InChI=1S/C26H33NO4/c1-18-16-19(2)23-22(17-18)26(30-14-7-15-31-26)24(28)27(23)12-6-13-29-21-10-8-20(9-11-21)25(3,4)5/h8-11,16-17H,6-7,12-15H2,1-5H3. The Morgan fingerprint density at radius 3 is 2.39 bits per heavy atom. The molecule has 166 valence electrons. The Morgan fingerprint density at radius 2 is 1.74 bits per heavy atom. The first-order valence-electron chi connectivity index (χ1n) is 11.2. The van der Waals surface area contributed by atoms with Crippen LogP contribution in [0.25, 0.3) is 0 Å². The summed E-state index contributed by atoms with van der Waals surface area (Å²) in [5, 5.41) is 0. The molecule has 1 spiro atoms. The molecule has 0 N–H and O–H groups in total.